The summed E-state index contributed by atoms with van der Waals surface area (Å²) in [6.07, 6.45) is 7.47. The number of guanidine groups is 1. The van der Waals surface area contributed by atoms with Crippen molar-refractivity contribution in [3.05, 3.63) is 35.9 Å². The highest BCUT2D eigenvalue weighted by atomic mass is 127. The van der Waals surface area contributed by atoms with Gasteiger partial charge in [-0.05, 0) is 70.0 Å². The van der Waals surface area contributed by atoms with Crippen molar-refractivity contribution in [2.45, 2.75) is 70.5 Å². The largest absolute Gasteiger partial charge is 0.354 e. The fourth-order valence-corrected chi connectivity index (χ4v) is 4.62. The standard InChI is InChI=1S/C25H41N5O.HI/c1-19-14-16-30(17-15-19)23-12-10-22(11-13-23)28-25(26-18-24(31)29(3)4)27-20(2)21-8-6-5-7-9-21;/h5-9,19-20,22-23H,10-18H2,1-4H3,(H2,26,27,28);1H. The summed E-state index contributed by atoms with van der Waals surface area (Å²) in [5, 5.41) is 7.14. The van der Waals surface area contributed by atoms with Crippen LogP contribution < -0.4 is 10.6 Å². The first-order valence-corrected chi connectivity index (χ1v) is 12.0. The summed E-state index contributed by atoms with van der Waals surface area (Å²) in [6, 6.07) is 11.6. The number of nitrogens with zero attached hydrogens (tertiary/aromatic N) is 3. The molecule has 0 bridgehead atoms. The van der Waals surface area contributed by atoms with Gasteiger partial charge >= 0.3 is 0 Å². The molecule has 1 atom stereocenters. The molecule has 1 heterocycles. The minimum Gasteiger partial charge on any atom is -0.354 e. The van der Waals surface area contributed by atoms with Gasteiger partial charge in [0.15, 0.2) is 5.96 Å². The van der Waals surface area contributed by atoms with Crippen molar-refractivity contribution in [1.82, 2.24) is 20.4 Å². The lowest BCUT2D eigenvalue weighted by molar-refractivity contribution is -0.127. The van der Waals surface area contributed by atoms with E-state index in [4.69, 9.17) is 0 Å². The second-order valence-corrected chi connectivity index (χ2v) is 9.60. The topological polar surface area (TPSA) is 60.0 Å². The van der Waals surface area contributed by atoms with Crippen molar-refractivity contribution >= 4 is 35.8 Å². The number of likely N-dealkylation sites (tertiary alicyclic amines) is 1. The average Bonchev–Trinajstić information content (AvgIpc) is 2.78. The molecule has 6 nitrogen and oxygen atoms in total. The van der Waals surface area contributed by atoms with Crippen LogP contribution in [0.3, 0.4) is 0 Å². The number of piperidine rings is 1. The number of halogens is 1. The molecule has 2 aliphatic rings. The minimum absolute atomic E-state index is 0. The highest BCUT2D eigenvalue weighted by Crippen LogP contribution is 2.27. The van der Waals surface area contributed by atoms with Gasteiger partial charge in [-0.2, -0.15) is 0 Å². The van der Waals surface area contributed by atoms with Gasteiger partial charge in [-0.1, -0.05) is 37.3 Å². The van der Waals surface area contributed by atoms with Crippen molar-refractivity contribution in [2.24, 2.45) is 10.9 Å². The molecule has 1 aromatic rings. The van der Waals surface area contributed by atoms with Crippen molar-refractivity contribution in [2.75, 3.05) is 33.7 Å². The molecule has 180 valence electrons. The molecule has 7 heteroatoms. The van der Waals surface area contributed by atoms with Gasteiger partial charge in [0.25, 0.3) is 0 Å². The summed E-state index contributed by atoms with van der Waals surface area (Å²) < 4.78 is 0. The van der Waals surface area contributed by atoms with E-state index in [1.165, 1.54) is 44.3 Å². The van der Waals surface area contributed by atoms with Crippen LogP contribution in [-0.2, 0) is 4.79 Å². The molecular formula is C25H42IN5O. The first-order valence-electron chi connectivity index (χ1n) is 12.0. The Morgan fingerprint density at radius 3 is 2.31 bits per heavy atom. The molecule has 1 unspecified atom stereocenters. The van der Waals surface area contributed by atoms with Crippen LogP contribution >= 0.6 is 24.0 Å². The van der Waals surface area contributed by atoms with Gasteiger partial charge in [0.05, 0.1) is 6.04 Å². The molecular weight excluding hydrogens is 513 g/mol. The first-order chi connectivity index (χ1) is 14.9. The Morgan fingerprint density at radius 1 is 1.09 bits per heavy atom. The van der Waals surface area contributed by atoms with E-state index in [1.807, 2.05) is 6.07 Å². The fourth-order valence-electron chi connectivity index (χ4n) is 4.62. The monoisotopic (exact) mass is 555 g/mol. The number of benzene rings is 1. The summed E-state index contributed by atoms with van der Waals surface area (Å²) >= 11 is 0. The van der Waals surface area contributed by atoms with Crippen molar-refractivity contribution < 1.29 is 4.79 Å². The molecule has 0 aromatic heterocycles. The summed E-state index contributed by atoms with van der Waals surface area (Å²) in [5.74, 6) is 1.63. The number of carbonyl (C=O) groups excluding carboxylic acids is 1. The van der Waals surface area contributed by atoms with Crippen LogP contribution in [0.25, 0.3) is 0 Å². The molecule has 1 aromatic carbocycles. The lowest BCUT2D eigenvalue weighted by Crippen LogP contribution is -2.49. The van der Waals surface area contributed by atoms with E-state index in [0.717, 1.165) is 30.8 Å². The quantitative estimate of drug-likeness (QED) is 0.316. The highest BCUT2D eigenvalue weighted by molar-refractivity contribution is 14.0. The number of likely N-dealkylation sites (N-methyl/N-ethyl adjacent to an activating group) is 1. The molecule has 2 fully saturated rings. The van der Waals surface area contributed by atoms with Crippen LogP contribution in [0.4, 0.5) is 0 Å². The molecule has 1 amide bonds. The molecule has 1 saturated carbocycles. The van der Waals surface area contributed by atoms with Crippen LogP contribution in [0, 0.1) is 5.92 Å². The minimum atomic E-state index is 0. The molecule has 1 aliphatic heterocycles. The Hall–Kier alpha value is -1.35. The van der Waals surface area contributed by atoms with E-state index in [0.29, 0.717) is 6.04 Å². The van der Waals surface area contributed by atoms with E-state index in [1.54, 1.807) is 19.0 Å². The molecule has 1 aliphatic carbocycles. The van der Waals surface area contributed by atoms with E-state index in [9.17, 15) is 4.79 Å². The van der Waals surface area contributed by atoms with Crippen molar-refractivity contribution in [1.29, 1.82) is 0 Å². The number of carbonyl (C=O) groups is 1. The summed E-state index contributed by atoms with van der Waals surface area (Å²) in [7, 11) is 3.54. The fraction of sp³-hybridized carbons (Fsp3) is 0.680. The molecule has 32 heavy (non-hydrogen) atoms. The maximum Gasteiger partial charge on any atom is 0.243 e. The Labute approximate surface area is 211 Å². The Morgan fingerprint density at radius 2 is 1.72 bits per heavy atom. The molecule has 0 spiro atoms. The number of aliphatic imine (C=N–C) groups is 1. The zero-order chi connectivity index (χ0) is 22.2. The van der Waals surface area contributed by atoms with Crippen molar-refractivity contribution in [3.63, 3.8) is 0 Å². The third-order valence-electron chi connectivity index (χ3n) is 6.90. The van der Waals surface area contributed by atoms with Crippen LogP contribution in [0.1, 0.15) is 64.0 Å². The summed E-state index contributed by atoms with van der Waals surface area (Å²) in [6.45, 7) is 7.20. The van der Waals surface area contributed by atoms with E-state index < -0.39 is 0 Å². The number of rotatable bonds is 6. The summed E-state index contributed by atoms with van der Waals surface area (Å²) in [5.41, 5.74) is 1.21. The van der Waals surface area contributed by atoms with Gasteiger partial charge in [0.1, 0.15) is 6.54 Å². The number of amides is 1. The second kappa shape index (κ2) is 13.4. The maximum absolute atomic E-state index is 12.1. The van der Waals surface area contributed by atoms with Gasteiger partial charge < -0.3 is 20.4 Å². The molecule has 1 saturated heterocycles. The third-order valence-corrected chi connectivity index (χ3v) is 6.90. The SMILES string of the molecule is CC1CCN(C2CCC(NC(=NCC(=O)N(C)C)NC(C)c3ccccc3)CC2)CC1.I. The van der Waals surface area contributed by atoms with Gasteiger partial charge in [-0.3, -0.25) is 4.79 Å². The van der Waals surface area contributed by atoms with Crippen LogP contribution in [0.15, 0.2) is 35.3 Å². The van der Waals surface area contributed by atoms with Gasteiger partial charge in [0.2, 0.25) is 5.91 Å². The average molecular weight is 556 g/mol. The predicted octanol–water partition coefficient (Wildman–Crippen LogP) is 4.03. The van der Waals surface area contributed by atoms with Crippen LogP contribution in [0.2, 0.25) is 0 Å². The normalized spacial score (nSPS) is 23.7. The number of hydrogen-bond donors (Lipinski definition) is 2. The van der Waals surface area contributed by atoms with E-state index in [-0.39, 0.29) is 42.5 Å². The Bertz CT molecular complexity index is 710. The van der Waals surface area contributed by atoms with Gasteiger partial charge in [0, 0.05) is 26.2 Å². The zero-order valence-corrected chi connectivity index (χ0v) is 22.5. The van der Waals surface area contributed by atoms with Crippen LogP contribution in [-0.4, -0.2) is 67.5 Å². The second-order valence-electron chi connectivity index (χ2n) is 9.60. The van der Waals surface area contributed by atoms with Gasteiger partial charge in [-0.15, -0.1) is 24.0 Å². The van der Waals surface area contributed by atoms with Crippen molar-refractivity contribution in [3.8, 4) is 0 Å². The van der Waals surface area contributed by atoms with Crippen LogP contribution in [0.5, 0.6) is 0 Å². The first kappa shape index (κ1) is 26.9. The molecule has 0 radical (unpaired) electrons. The lowest BCUT2D eigenvalue weighted by Gasteiger charge is -2.40. The Kier molecular flexibility index (Phi) is 11.2. The third kappa shape index (κ3) is 8.21. The van der Waals surface area contributed by atoms with E-state index in [2.05, 4.69) is 58.6 Å². The number of nitrogens with one attached hydrogen (secondary N) is 2. The van der Waals surface area contributed by atoms with Gasteiger partial charge in [-0.25, -0.2) is 4.99 Å². The lowest BCUT2D eigenvalue weighted by atomic mass is 9.88. The molecule has 2 N–H and O–H groups in total. The van der Waals surface area contributed by atoms with E-state index >= 15 is 0 Å². The Balaban J connectivity index is 0.00000363. The zero-order valence-electron chi connectivity index (χ0n) is 20.2. The molecule has 3 rings (SSSR count). The maximum atomic E-state index is 12.1. The highest BCUT2D eigenvalue weighted by Gasteiger charge is 2.28. The predicted molar refractivity (Wildman–Crippen MR) is 144 cm³/mol. The number of hydrogen-bond acceptors (Lipinski definition) is 3. The summed E-state index contributed by atoms with van der Waals surface area (Å²) in [4.78, 5) is 21.0. The smallest absolute Gasteiger partial charge is 0.243 e.